The number of ether oxygens (including phenoxy) is 1. The maximum absolute atomic E-state index is 11.2. The van der Waals surface area contributed by atoms with Gasteiger partial charge in [0.1, 0.15) is 17.4 Å². The first-order valence-electron chi connectivity index (χ1n) is 6.29. The summed E-state index contributed by atoms with van der Waals surface area (Å²) in [6.07, 6.45) is 0. The van der Waals surface area contributed by atoms with Crippen LogP contribution in [0.4, 0.5) is 5.69 Å². The van der Waals surface area contributed by atoms with Gasteiger partial charge < -0.3 is 10.1 Å². The number of rotatable bonds is 4. The van der Waals surface area contributed by atoms with Crippen LogP contribution in [0.3, 0.4) is 0 Å². The molecule has 0 aliphatic heterocycles. The van der Waals surface area contributed by atoms with Gasteiger partial charge in [0.15, 0.2) is 0 Å². The lowest BCUT2D eigenvalue weighted by Crippen LogP contribution is -2.12. The zero-order valence-electron chi connectivity index (χ0n) is 11.4. The Morgan fingerprint density at radius 1 is 1.05 bits per heavy atom. The number of benzene rings is 2. The lowest BCUT2D eigenvalue weighted by Gasteiger charge is -2.09. The molecule has 0 bridgehead atoms. The van der Waals surface area contributed by atoms with Crippen LogP contribution in [0.2, 0.25) is 0 Å². The smallest absolute Gasteiger partial charge is 0.239 e. The standard InChI is InChI=1S/C16H16ClNO2/c1-11-7-12(2)9-15(8-11)20-14-5-3-13(4-6-14)18-16(19)10-17/h3-9H,10H2,1-2H3,(H,18,19). The minimum atomic E-state index is -0.227. The molecule has 0 aromatic heterocycles. The fraction of sp³-hybridized carbons (Fsp3) is 0.188. The van der Waals surface area contributed by atoms with E-state index in [0.717, 1.165) is 22.6 Å². The van der Waals surface area contributed by atoms with Crippen molar-refractivity contribution >= 4 is 23.2 Å². The molecule has 4 heteroatoms. The summed E-state index contributed by atoms with van der Waals surface area (Å²) in [6, 6.07) is 13.2. The first-order valence-corrected chi connectivity index (χ1v) is 6.82. The van der Waals surface area contributed by atoms with E-state index < -0.39 is 0 Å². The van der Waals surface area contributed by atoms with Crippen LogP contribution in [-0.4, -0.2) is 11.8 Å². The predicted octanol–water partition coefficient (Wildman–Crippen LogP) is 4.27. The normalized spacial score (nSPS) is 10.2. The molecule has 2 aromatic rings. The zero-order valence-corrected chi connectivity index (χ0v) is 12.2. The molecule has 0 unspecified atom stereocenters. The molecule has 0 saturated heterocycles. The molecule has 0 saturated carbocycles. The van der Waals surface area contributed by atoms with Crippen LogP contribution < -0.4 is 10.1 Å². The Kier molecular flexibility index (Phi) is 4.64. The van der Waals surface area contributed by atoms with Crippen molar-refractivity contribution in [3.8, 4) is 11.5 Å². The molecule has 2 aromatic carbocycles. The highest BCUT2D eigenvalue weighted by atomic mass is 35.5. The molecule has 0 aliphatic rings. The van der Waals surface area contributed by atoms with Crippen molar-refractivity contribution in [1.82, 2.24) is 0 Å². The fourth-order valence-electron chi connectivity index (χ4n) is 1.93. The van der Waals surface area contributed by atoms with Gasteiger partial charge in [-0.3, -0.25) is 4.79 Å². The van der Waals surface area contributed by atoms with Gasteiger partial charge in [0.25, 0.3) is 0 Å². The molecular weight excluding hydrogens is 274 g/mol. The molecule has 0 fully saturated rings. The maximum atomic E-state index is 11.2. The summed E-state index contributed by atoms with van der Waals surface area (Å²) in [5, 5.41) is 2.67. The summed E-state index contributed by atoms with van der Waals surface area (Å²) in [7, 11) is 0. The number of halogens is 1. The SMILES string of the molecule is Cc1cc(C)cc(Oc2ccc(NC(=O)CCl)cc2)c1. The van der Waals surface area contributed by atoms with Crippen molar-refractivity contribution in [1.29, 1.82) is 0 Å². The van der Waals surface area contributed by atoms with E-state index in [9.17, 15) is 4.79 Å². The van der Waals surface area contributed by atoms with Crippen molar-refractivity contribution in [3.63, 3.8) is 0 Å². The Bertz CT molecular complexity index is 588. The zero-order chi connectivity index (χ0) is 14.5. The van der Waals surface area contributed by atoms with Gasteiger partial charge in [0, 0.05) is 5.69 Å². The third-order valence-electron chi connectivity index (χ3n) is 2.69. The van der Waals surface area contributed by atoms with Crippen LogP contribution in [0.25, 0.3) is 0 Å². The largest absolute Gasteiger partial charge is 0.457 e. The van der Waals surface area contributed by atoms with E-state index in [4.69, 9.17) is 16.3 Å². The van der Waals surface area contributed by atoms with E-state index in [0.29, 0.717) is 5.69 Å². The van der Waals surface area contributed by atoms with E-state index in [1.165, 1.54) is 0 Å². The van der Waals surface area contributed by atoms with E-state index in [1.54, 1.807) is 12.1 Å². The first-order chi connectivity index (χ1) is 9.56. The Morgan fingerprint density at radius 2 is 1.65 bits per heavy atom. The van der Waals surface area contributed by atoms with Crippen LogP contribution >= 0.6 is 11.6 Å². The molecule has 3 nitrogen and oxygen atoms in total. The average Bonchev–Trinajstić information content (AvgIpc) is 2.39. The van der Waals surface area contributed by atoms with E-state index >= 15 is 0 Å². The maximum Gasteiger partial charge on any atom is 0.239 e. The van der Waals surface area contributed by atoms with Crippen LogP contribution in [0.1, 0.15) is 11.1 Å². The van der Waals surface area contributed by atoms with Gasteiger partial charge in [0.05, 0.1) is 0 Å². The van der Waals surface area contributed by atoms with Crippen molar-refractivity contribution < 1.29 is 9.53 Å². The number of amides is 1. The van der Waals surface area contributed by atoms with Gasteiger partial charge in [-0.1, -0.05) is 6.07 Å². The minimum absolute atomic E-state index is 0.0547. The van der Waals surface area contributed by atoms with Crippen LogP contribution in [-0.2, 0) is 4.79 Å². The Labute approximate surface area is 123 Å². The van der Waals surface area contributed by atoms with E-state index in [1.807, 2.05) is 38.1 Å². The van der Waals surface area contributed by atoms with Gasteiger partial charge in [0.2, 0.25) is 5.91 Å². The highest BCUT2D eigenvalue weighted by molar-refractivity contribution is 6.29. The van der Waals surface area contributed by atoms with Crippen molar-refractivity contribution in [2.75, 3.05) is 11.2 Å². The molecule has 0 radical (unpaired) electrons. The van der Waals surface area contributed by atoms with Gasteiger partial charge in [-0.15, -0.1) is 11.6 Å². The summed E-state index contributed by atoms with van der Waals surface area (Å²) in [5.74, 6) is 1.24. The van der Waals surface area contributed by atoms with Crippen molar-refractivity contribution in [3.05, 3.63) is 53.6 Å². The molecule has 1 N–H and O–H groups in total. The molecule has 2 rings (SSSR count). The topological polar surface area (TPSA) is 38.3 Å². The molecule has 0 atom stereocenters. The average molecular weight is 290 g/mol. The van der Waals surface area contributed by atoms with Crippen molar-refractivity contribution in [2.24, 2.45) is 0 Å². The summed E-state index contributed by atoms with van der Waals surface area (Å²) in [6.45, 7) is 4.06. The number of aryl methyl sites for hydroxylation is 2. The number of anilines is 1. The number of carbonyl (C=O) groups is 1. The summed E-state index contributed by atoms with van der Waals surface area (Å²) in [5.41, 5.74) is 3.01. The predicted molar refractivity (Wildman–Crippen MR) is 81.8 cm³/mol. The number of hydrogen-bond donors (Lipinski definition) is 1. The van der Waals surface area contributed by atoms with Crippen LogP contribution in [0.15, 0.2) is 42.5 Å². The van der Waals surface area contributed by atoms with Crippen LogP contribution in [0.5, 0.6) is 11.5 Å². The number of nitrogens with one attached hydrogen (secondary N) is 1. The second-order valence-electron chi connectivity index (χ2n) is 4.63. The summed E-state index contributed by atoms with van der Waals surface area (Å²) in [4.78, 5) is 11.2. The molecule has 104 valence electrons. The number of hydrogen-bond acceptors (Lipinski definition) is 2. The first kappa shape index (κ1) is 14.4. The molecule has 0 spiro atoms. The second kappa shape index (κ2) is 6.44. The number of carbonyl (C=O) groups excluding carboxylic acids is 1. The van der Waals surface area contributed by atoms with Crippen LogP contribution in [0, 0.1) is 13.8 Å². The van der Waals surface area contributed by atoms with Gasteiger partial charge >= 0.3 is 0 Å². The molecule has 0 heterocycles. The molecule has 20 heavy (non-hydrogen) atoms. The van der Waals surface area contributed by atoms with E-state index in [-0.39, 0.29) is 11.8 Å². The van der Waals surface area contributed by atoms with E-state index in [2.05, 4.69) is 11.4 Å². The summed E-state index contributed by atoms with van der Waals surface area (Å²) >= 11 is 5.43. The van der Waals surface area contributed by atoms with Gasteiger partial charge in [-0.05, 0) is 61.4 Å². The molecular formula is C16H16ClNO2. The monoisotopic (exact) mass is 289 g/mol. The Balaban J connectivity index is 2.08. The lowest BCUT2D eigenvalue weighted by atomic mass is 10.1. The lowest BCUT2D eigenvalue weighted by molar-refractivity contribution is -0.113. The third kappa shape index (κ3) is 4.00. The Hall–Kier alpha value is -2.00. The highest BCUT2D eigenvalue weighted by Gasteiger charge is 2.02. The number of alkyl halides is 1. The third-order valence-corrected chi connectivity index (χ3v) is 2.93. The quantitative estimate of drug-likeness (QED) is 0.854. The van der Waals surface area contributed by atoms with Gasteiger partial charge in [-0.2, -0.15) is 0 Å². The fourth-order valence-corrected chi connectivity index (χ4v) is 2.00. The highest BCUT2D eigenvalue weighted by Crippen LogP contribution is 2.25. The van der Waals surface area contributed by atoms with Crippen molar-refractivity contribution in [2.45, 2.75) is 13.8 Å². The molecule has 1 amide bonds. The van der Waals surface area contributed by atoms with Gasteiger partial charge in [-0.25, -0.2) is 0 Å². The second-order valence-corrected chi connectivity index (χ2v) is 4.90. The Morgan fingerprint density at radius 3 is 2.20 bits per heavy atom. The minimum Gasteiger partial charge on any atom is -0.457 e. The molecule has 0 aliphatic carbocycles. The summed E-state index contributed by atoms with van der Waals surface area (Å²) < 4.78 is 5.79.